The molecule has 0 aliphatic heterocycles. The third kappa shape index (κ3) is 5.49. The molecular weight excluding hydrogens is 843 g/mol. The predicted molar refractivity (Wildman–Crippen MR) is 294 cm³/mol. The van der Waals surface area contributed by atoms with Gasteiger partial charge in [0.1, 0.15) is 0 Å². The molecule has 0 fully saturated rings. The van der Waals surface area contributed by atoms with E-state index in [1.165, 1.54) is 111 Å². The van der Waals surface area contributed by atoms with Gasteiger partial charge < -0.3 is 4.90 Å². The van der Waals surface area contributed by atoms with E-state index in [-0.39, 0.29) is 10.8 Å². The summed E-state index contributed by atoms with van der Waals surface area (Å²) in [6.07, 6.45) is 1.93. The standard InChI is InChI=1S/C69H51N/c1-6-43-16-15-17-45(38-43)47-29-35-58-54-21-10-14-25-62(54)69(66(58)40-47)61-24-13-9-20-53(61)57-34-28-46(39-65(57)69)44-26-30-48(31-27-44)70(49-32-36-55-51-18-7-11-22-59(51)67(2,3)63(55)41-49)50-33-37-56-52-19-8-12-23-60(52)68(4,5)64(56)42-50/h6-42H,1H2,2-5H3. The minimum Gasteiger partial charge on any atom is -0.310 e. The molecule has 0 saturated carbocycles. The van der Waals surface area contributed by atoms with Crippen molar-refractivity contribution in [3.8, 4) is 66.8 Å². The second kappa shape index (κ2) is 14.6. The van der Waals surface area contributed by atoms with E-state index < -0.39 is 5.41 Å². The Balaban J connectivity index is 0.917. The summed E-state index contributed by atoms with van der Waals surface area (Å²) in [6, 6.07) is 82.7. The van der Waals surface area contributed by atoms with Gasteiger partial charge in [-0.1, -0.05) is 204 Å². The minimum atomic E-state index is -0.474. The van der Waals surface area contributed by atoms with Gasteiger partial charge in [-0.3, -0.25) is 0 Å². The monoisotopic (exact) mass is 893 g/mol. The van der Waals surface area contributed by atoms with E-state index >= 15 is 0 Å². The van der Waals surface area contributed by atoms with Gasteiger partial charge in [0.15, 0.2) is 0 Å². The van der Waals surface area contributed by atoms with Gasteiger partial charge in [-0.15, -0.1) is 0 Å². The molecule has 0 N–H and O–H groups in total. The first-order chi connectivity index (χ1) is 34.2. The fraction of sp³-hybridized carbons (Fsp3) is 0.101. The largest absolute Gasteiger partial charge is 0.310 e. The number of anilines is 3. The van der Waals surface area contributed by atoms with Crippen LogP contribution >= 0.6 is 0 Å². The lowest BCUT2D eigenvalue weighted by Crippen LogP contribution is -2.26. The summed E-state index contributed by atoms with van der Waals surface area (Å²) in [5.41, 5.74) is 30.1. The molecule has 332 valence electrons. The summed E-state index contributed by atoms with van der Waals surface area (Å²) in [5.74, 6) is 0. The summed E-state index contributed by atoms with van der Waals surface area (Å²) < 4.78 is 0. The third-order valence-electron chi connectivity index (χ3n) is 16.7. The molecule has 4 aliphatic carbocycles. The molecule has 1 unspecified atom stereocenters. The Morgan fingerprint density at radius 3 is 1.17 bits per heavy atom. The maximum atomic E-state index is 4.08. The lowest BCUT2D eigenvalue weighted by Gasteiger charge is -2.31. The summed E-state index contributed by atoms with van der Waals surface area (Å²) in [5, 5.41) is 0. The van der Waals surface area contributed by atoms with E-state index in [9.17, 15) is 0 Å². The molecule has 0 aromatic heterocycles. The summed E-state index contributed by atoms with van der Waals surface area (Å²) in [6.45, 7) is 13.6. The maximum absolute atomic E-state index is 4.08. The van der Waals surface area contributed by atoms with Gasteiger partial charge in [-0.05, 0) is 171 Å². The number of hydrogen-bond acceptors (Lipinski definition) is 1. The van der Waals surface area contributed by atoms with Gasteiger partial charge in [0.2, 0.25) is 0 Å². The Bertz CT molecular complexity index is 3740. The third-order valence-corrected chi connectivity index (χ3v) is 16.7. The normalized spacial score (nSPS) is 16.3. The Kier molecular flexibility index (Phi) is 8.52. The van der Waals surface area contributed by atoms with Crippen LogP contribution < -0.4 is 4.90 Å². The summed E-state index contributed by atoms with van der Waals surface area (Å²) in [4.78, 5) is 2.48. The first-order valence-corrected chi connectivity index (χ1v) is 24.8. The van der Waals surface area contributed by atoms with Gasteiger partial charge >= 0.3 is 0 Å². The Morgan fingerprint density at radius 1 is 0.300 bits per heavy atom. The molecule has 1 nitrogen and oxygen atoms in total. The molecule has 0 saturated heterocycles. The van der Waals surface area contributed by atoms with Crippen LogP contribution in [0.25, 0.3) is 72.8 Å². The minimum absolute atomic E-state index is 0.123. The topological polar surface area (TPSA) is 3.24 Å². The summed E-state index contributed by atoms with van der Waals surface area (Å²) in [7, 11) is 0. The predicted octanol–water partition coefficient (Wildman–Crippen LogP) is 18.1. The van der Waals surface area contributed by atoms with E-state index in [1.54, 1.807) is 0 Å². The molecule has 1 heteroatoms. The van der Waals surface area contributed by atoms with Gasteiger partial charge in [0.05, 0.1) is 5.41 Å². The molecular formula is C69H51N. The highest BCUT2D eigenvalue weighted by atomic mass is 15.1. The zero-order valence-corrected chi connectivity index (χ0v) is 40.0. The van der Waals surface area contributed by atoms with E-state index in [1.807, 2.05) is 6.08 Å². The van der Waals surface area contributed by atoms with Crippen LogP contribution in [0.1, 0.15) is 77.8 Å². The van der Waals surface area contributed by atoms with Crippen molar-refractivity contribution in [3.05, 3.63) is 275 Å². The lowest BCUT2D eigenvalue weighted by molar-refractivity contribution is 0.660. The molecule has 0 heterocycles. The number of nitrogens with zero attached hydrogens (tertiary/aromatic N) is 1. The molecule has 0 radical (unpaired) electrons. The summed E-state index contributed by atoms with van der Waals surface area (Å²) >= 11 is 0. The first kappa shape index (κ1) is 40.8. The van der Waals surface area contributed by atoms with Gasteiger partial charge in [0.25, 0.3) is 0 Å². The van der Waals surface area contributed by atoms with Crippen LogP contribution in [0.3, 0.4) is 0 Å². The molecule has 1 spiro atoms. The van der Waals surface area contributed by atoms with Crippen molar-refractivity contribution in [2.45, 2.75) is 43.9 Å². The highest BCUT2D eigenvalue weighted by Gasteiger charge is 2.52. The zero-order chi connectivity index (χ0) is 47.1. The Labute approximate surface area is 411 Å². The number of rotatable bonds is 6. The molecule has 4 aliphatic rings. The molecule has 10 aromatic rings. The van der Waals surface area contributed by atoms with E-state index in [0.717, 1.165) is 22.6 Å². The fourth-order valence-corrected chi connectivity index (χ4v) is 13.3. The number of hydrogen-bond donors (Lipinski definition) is 0. The first-order valence-electron chi connectivity index (χ1n) is 24.8. The van der Waals surface area contributed by atoms with Gasteiger partial charge in [-0.2, -0.15) is 0 Å². The highest BCUT2D eigenvalue weighted by molar-refractivity contribution is 5.97. The molecule has 10 aromatic carbocycles. The zero-order valence-electron chi connectivity index (χ0n) is 40.0. The molecule has 14 rings (SSSR count). The van der Waals surface area contributed by atoms with Gasteiger partial charge in [0, 0.05) is 27.9 Å². The van der Waals surface area contributed by atoms with Crippen LogP contribution in [0.4, 0.5) is 17.1 Å². The van der Waals surface area contributed by atoms with Crippen LogP contribution in [0, 0.1) is 0 Å². The van der Waals surface area contributed by atoms with Crippen molar-refractivity contribution >= 4 is 23.1 Å². The van der Waals surface area contributed by atoms with Crippen LogP contribution in [-0.4, -0.2) is 0 Å². The van der Waals surface area contributed by atoms with E-state index in [0.29, 0.717) is 0 Å². The van der Waals surface area contributed by atoms with Crippen LogP contribution in [0.2, 0.25) is 0 Å². The maximum Gasteiger partial charge on any atom is 0.0725 e. The van der Waals surface area contributed by atoms with Crippen LogP contribution in [0.5, 0.6) is 0 Å². The highest BCUT2D eigenvalue weighted by Crippen LogP contribution is 2.64. The second-order valence-corrected chi connectivity index (χ2v) is 20.9. The Morgan fingerprint density at radius 2 is 0.671 bits per heavy atom. The smallest absolute Gasteiger partial charge is 0.0725 e. The average Bonchev–Trinajstić information content (AvgIpc) is 4.03. The Hall–Kier alpha value is -8.26. The van der Waals surface area contributed by atoms with Crippen molar-refractivity contribution in [1.29, 1.82) is 0 Å². The molecule has 0 amide bonds. The van der Waals surface area contributed by atoms with Crippen LogP contribution in [-0.2, 0) is 16.2 Å². The van der Waals surface area contributed by atoms with Crippen molar-refractivity contribution in [2.75, 3.05) is 4.90 Å². The quantitative estimate of drug-likeness (QED) is 0.161. The molecule has 70 heavy (non-hydrogen) atoms. The number of benzene rings is 10. The lowest BCUT2D eigenvalue weighted by atomic mass is 9.70. The molecule has 1 atom stereocenters. The van der Waals surface area contributed by atoms with Crippen LogP contribution in [0.15, 0.2) is 225 Å². The van der Waals surface area contributed by atoms with E-state index in [4.69, 9.17) is 0 Å². The second-order valence-electron chi connectivity index (χ2n) is 20.9. The number of fused-ring (bicyclic) bond motifs is 16. The van der Waals surface area contributed by atoms with Crippen molar-refractivity contribution in [2.24, 2.45) is 0 Å². The van der Waals surface area contributed by atoms with Crippen molar-refractivity contribution in [3.63, 3.8) is 0 Å². The van der Waals surface area contributed by atoms with E-state index in [2.05, 4.69) is 258 Å². The van der Waals surface area contributed by atoms with Crippen molar-refractivity contribution in [1.82, 2.24) is 0 Å². The fourth-order valence-electron chi connectivity index (χ4n) is 13.3. The molecule has 0 bridgehead atoms. The SMILES string of the molecule is C=Cc1cccc(-c2ccc3c(c2)C2(c4ccccc4-c4ccc(-c5ccc(N(c6ccc7c(c6)C(C)(C)c6ccccc6-7)c6ccc7c(c6)C(C)(C)c6ccccc6-7)cc5)cc42)c2ccccc2-3)c1. The van der Waals surface area contributed by atoms with Crippen molar-refractivity contribution < 1.29 is 0 Å². The van der Waals surface area contributed by atoms with Gasteiger partial charge in [-0.25, -0.2) is 0 Å². The average molecular weight is 894 g/mol.